The van der Waals surface area contributed by atoms with Gasteiger partial charge in [0.05, 0.1) is 23.5 Å². The smallest absolute Gasteiger partial charge is 0.245 e. The number of benzene rings is 2. The maximum absolute atomic E-state index is 13.6. The van der Waals surface area contributed by atoms with Crippen molar-refractivity contribution in [3.05, 3.63) is 65.7 Å². The van der Waals surface area contributed by atoms with E-state index in [0.717, 1.165) is 24.0 Å². The SMILES string of the molecule is Cc1ccc(S(=O)(=O)N2[C@@H](c3ccccc3)CO[C@H]2[C@H]2CCCCC2=O)cc1. The first-order valence-electron chi connectivity index (χ1n) is 9.78. The van der Waals surface area contributed by atoms with E-state index in [1.165, 1.54) is 4.31 Å². The highest BCUT2D eigenvalue weighted by molar-refractivity contribution is 7.89. The zero-order valence-electron chi connectivity index (χ0n) is 16.0. The number of hydrogen-bond acceptors (Lipinski definition) is 4. The predicted octanol–water partition coefficient (Wildman–Crippen LogP) is 3.84. The second-order valence-corrected chi connectivity index (χ2v) is 9.46. The molecule has 0 aromatic heterocycles. The summed E-state index contributed by atoms with van der Waals surface area (Å²) in [5, 5.41) is 0. The summed E-state index contributed by atoms with van der Waals surface area (Å²) in [5.74, 6) is -0.295. The fraction of sp³-hybridized carbons (Fsp3) is 0.409. The van der Waals surface area contributed by atoms with Crippen LogP contribution in [-0.2, 0) is 19.6 Å². The molecule has 3 atom stereocenters. The maximum Gasteiger partial charge on any atom is 0.245 e. The van der Waals surface area contributed by atoms with Gasteiger partial charge in [-0.25, -0.2) is 8.42 Å². The van der Waals surface area contributed by atoms with Crippen molar-refractivity contribution in [2.24, 2.45) is 5.92 Å². The molecule has 0 amide bonds. The van der Waals surface area contributed by atoms with E-state index in [-0.39, 0.29) is 17.3 Å². The van der Waals surface area contributed by atoms with E-state index in [0.29, 0.717) is 12.8 Å². The Hall–Kier alpha value is -2.02. The summed E-state index contributed by atoms with van der Waals surface area (Å²) in [4.78, 5) is 12.8. The van der Waals surface area contributed by atoms with Gasteiger partial charge in [-0.2, -0.15) is 4.31 Å². The van der Waals surface area contributed by atoms with E-state index in [2.05, 4.69) is 0 Å². The molecule has 4 rings (SSSR count). The van der Waals surface area contributed by atoms with E-state index in [9.17, 15) is 13.2 Å². The van der Waals surface area contributed by atoms with E-state index in [1.807, 2.05) is 37.3 Å². The van der Waals surface area contributed by atoms with Crippen LogP contribution in [0.15, 0.2) is 59.5 Å². The minimum atomic E-state index is -3.82. The third-order valence-corrected chi connectivity index (χ3v) is 7.59. The van der Waals surface area contributed by atoms with Crippen molar-refractivity contribution in [1.29, 1.82) is 0 Å². The molecule has 1 aliphatic carbocycles. The molecule has 2 fully saturated rings. The first-order valence-corrected chi connectivity index (χ1v) is 11.2. The zero-order valence-corrected chi connectivity index (χ0v) is 16.8. The van der Waals surface area contributed by atoms with E-state index < -0.39 is 28.2 Å². The van der Waals surface area contributed by atoms with Crippen LogP contribution in [0.5, 0.6) is 0 Å². The highest BCUT2D eigenvalue weighted by Crippen LogP contribution is 2.41. The molecule has 2 aromatic rings. The van der Waals surface area contributed by atoms with Gasteiger partial charge >= 0.3 is 0 Å². The van der Waals surface area contributed by atoms with Crippen LogP contribution in [-0.4, -0.2) is 31.3 Å². The lowest BCUT2D eigenvalue weighted by Gasteiger charge is -2.33. The Labute approximate surface area is 166 Å². The Balaban J connectivity index is 1.77. The average Bonchev–Trinajstić information content (AvgIpc) is 3.15. The summed E-state index contributed by atoms with van der Waals surface area (Å²) in [6.07, 6.45) is 2.22. The molecule has 0 spiro atoms. The first kappa shape index (κ1) is 19.3. The summed E-state index contributed by atoms with van der Waals surface area (Å²) in [6, 6.07) is 15.9. The van der Waals surface area contributed by atoms with Gasteiger partial charge in [-0.3, -0.25) is 4.79 Å². The number of rotatable bonds is 4. The second kappa shape index (κ2) is 7.78. The number of ketones is 1. The average molecular weight is 400 g/mol. The first-order chi connectivity index (χ1) is 13.5. The van der Waals surface area contributed by atoms with E-state index >= 15 is 0 Å². The van der Waals surface area contributed by atoms with Crippen molar-refractivity contribution >= 4 is 15.8 Å². The van der Waals surface area contributed by atoms with Gasteiger partial charge in [0.2, 0.25) is 10.0 Å². The fourth-order valence-electron chi connectivity index (χ4n) is 4.17. The highest BCUT2D eigenvalue weighted by atomic mass is 32.2. The molecule has 2 aliphatic rings. The number of carbonyl (C=O) groups excluding carboxylic acids is 1. The van der Waals surface area contributed by atoms with Crippen molar-refractivity contribution in [2.75, 3.05) is 6.61 Å². The van der Waals surface area contributed by atoms with Crippen LogP contribution in [0.1, 0.15) is 42.9 Å². The minimum absolute atomic E-state index is 0.106. The monoisotopic (exact) mass is 399 g/mol. The molecular formula is C22H25NO4S. The van der Waals surface area contributed by atoms with Gasteiger partial charge in [-0.05, 0) is 37.5 Å². The van der Waals surface area contributed by atoms with Crippen molar-refractivity contribution in [3.8, 4) is 0 Å². The Bertz CT molecular complexity index is 940. The molecule has 1 aliphatic heterocycles. The number of hydrogen-bond donors (Lipinski definition) is 0. The number of nitrogens with zero attached hydrogens (tertiary/aromatic N) is 1. The molecular weight excluding hydrogens is 374 g/mol. The van der Waals surface area contributed by atoms with Gasteiger partial charge in [-0.15, -0.1) is 0 Å². The molecule has 0 bridgehead atoms. The number of sulfonamides is 1. The zero-order chi connectivity index (χ0) is 19.7. The minimum Gasteiger partial charge on any atom is -0.359 e. The van der Waals surface area contributed by atoms with Crippen LogP contribution in [0.2, 0.25) is 0 Å². The lowest BCUT2D eigenvalue weighted by molar-refractivity contribution is -0.131. The fourth-order valence-corrected chi connectivity index (χ4v) is 5.90. The number of carbonyl (C=O) groups is 1. The predicted molar refractivity (Wildman–Crippen MR) is 106 cm³/mol. The van der Waals surface area contributed by atoms with Crippen LogP contribution in [0, 0.1) is 12.8 Å². The van der Waals surface area contributed by atoms with Crippen molar-refractivity contribution in [3.63, 3.8) is 0 Å². The molecule has 6 heteroatoms. The molecule has 1 saturated carbocycles. The van der Waals surface area contributed by atoms with Gasteiger partial charge in [0.15, 0.2) is 0 Å². The number of aryl methyl sites for hydroxylation is 1. The number of ether oxygens (including phenoxy) is 1. The molecule has 2 aromatic carbocycles. The van der Waals surface area contributed by atoms with Gasteiger partial charge in [0.25, 0.3) is 0 Å². The molecule has 148 valence electrons. The van der Waals surface area contributed by atoms with E-state index in [4.69, 9.17) is 4.74 Å². The van der Waals surface area contributed by atoms with Crippen LogP contribution in [0.3, 0.4) is 0 Å². The molecule has 5 nitrogen and oxygen atoms in total. The van der Waals surface area contributed by atoms with Gasteiger partial charge in [0, 0.05) is 6.42 Å². The molecule has 0 N–H and O–H groups in total. The third-order valence-electron chi connectivity index (χ3n) is 5.71. The summed E-state index contributed by atoms with van der Waals surface area (Å²) in [5.41, 5.74) is 1.87. The standard InChI is InChI=1S/C22H25NO4S/c1-16-11-13-18(14-12-16)28(25,26)23-20(17-7-3-2-4-8-17)15-27-22(23)19-9-5-6-10-21(19)24/h2-4,7-8,11-14,19-20,22H,5-6,9-10,15H2,1H3/t19-,20+,22-/m0/s1. The molecule has 1 heterocycles. The van der Waals surface area contributed by atoms with Crippen molar-refractivity contribution < 1.29 is 17.9 Å². The Kier molecular flexibility index (Phi) is 5.36. The van der Waals surface area contributed by atoms with Gasteiger partial charge < -0.3 is 4.74 Å². The Morgan fingerprint density at radius 1 is 1.00 bits per heavy atom. The third kappa shape index (κ3) is 3.52. The Morgan fingerprint density at radius 2 is 1.71 bits per heavy atom. The maximum atomic E-state index is 13.6. The largest absolute Gasteiger partial charge is 0.359 e. The summed E-state index contributed by atoms with van der Waals surface area (Å²) in [6.45, 7) is 2.18. The van der Waals surface area contributed by atoms with E-state index in [1.54, 1.807) is 24.3 Å². The molecule has 28 heavy (non-hydrogen) atoms. The van der Waals surface area contributed by atoms with Crippen LogP contribution in [0.25, 0.3) is 0 Å². The second-order valence-electron chi connectivity index (χ2n) is 7.62. The van der Waals surface area contributed by atoms with Gasteiger partial charge in [0.1, 0.15) is 12.0 Å². The quantitative estimate of drug-likeness (QED) is 0.784. The lowest BCUT2D eigenvalue weighted by Crippen LogP contribution is -2.45. The summed E-state index contributed by atoms with van der Waals surface area (Å²) >= 11 is 0. The lowest BCUT2D eigenvalue weighted by atomic mass is 9.86. The highest BCUT2D eigenvalue weighted by Gasteiger charge is 2.49. The topological polar surface area (TPSA) is 63.7 Å². The van der Waals surface area contributed by atoms with Crippen LogP contribution >= 0.6 is 0 Å². The number of Topliss-reactive ketones (excluding diaryl/α,β-unsaturated/α-hetero) is 1. The van der Waals surface area contributed by atoms with Crippen LogP contribution < -0.4 is 0 Å². The molecule has 1 saturated heterocycles. The summed E-state index contributed by atoms with van der Waals surface area (Å²) < 4.78 is 34.7. The van der Waals surface area contributed by atoms with Crippen molar-refractivity contribution in [1.82, 2.24) is 4.31 Å². The summed E-state index contributed by atoms with van der Waals surface area (Å²) in [7, 11) is -3.82. The normalized spacial score (nSPS) is 26.5. The molecule has 0 unspecified atom stereocenters. The van der Waals surface area contributed by atoms with Crippen LogP contribution in [0.4, 0.5) is 0 Å². The van der Waals surface area contributed by atoms with Gasteiger partial charge in [-0.1, -0.05) is 54.4 Å². The van der Waals surface area contributed by atoms with Crippen molar-refractivity contribution in [2.45, 2.75) is 49.8 Å². The molecule has 0 radical (unpaired) electrons. The Morgan fingerprint density at radius 3 is 2.39 bits per heavy atom.